The van der Waals surface area contributed by atoms with Crippen molar-refractivity contribution in [3.8, 4) is 0 Å². The van der Waals surface area contributed by atoms with Gasteiger partial charge in [0.05, 0.1) is 10.6 Å². The second-order valence-corrected chi connectivity index (χ2v) is 8.05. The molecule has 6 nitrogen and oxygen atoms in total. The van der Waals surface area contributed by atoms with E-state index >= 15 is 0 Å². The van der Waals surface area contributed by atoms with Crippen LogP contribution in [0.25, 0.3) is 11.0 Å². The monoisotopic (exact) mass is 382 g/mol. The molecule has 7 heteroatoms. The van der Waals surface area contributed by atoms with Crippen molar-refractivity contribution in [1.29, 1.82) is 0 Å². The van der Waals surface area contributed by atoms with Crippen LogP contribution in [0.4, 0.5) is 5.69 Å². The highest BCUT2D eigenvalue weighted by atomic mass is 32.2. The number of fused-ring (bicyclic) bond motifs is 1. The average molecular weight is 382 g/mol. The maximum atomic E-state index is 12.6. The number of pyridine rings is 1. The van der Waals surface area contributed by atoms with Crippen LogP contribution in [0.15, 0.2) is 34.2 Å². The number of nitrogens with one attached hydrogen (secondary N) is 2. The fourth-order valence-corrected chi connectivity index (χ4v) is 3.64. The second-order valence-electron chi connectivity index (χ2n) is 6.72. The van der Waals surface area contributed by atoms with Crippen LogP contribution in [0.3, 0.4) is 0 Å². The van der Waals surface area contributed by atoms with Crippen LogP contribution < -0.4 is 10.9 Å². The molecule has 2 aromatic heterocycles. The van der Waals surface area contributed by atoms with E-state index in [0.717, 1.165) is 28.1 Å². The summed E-state index contributed by atoms with van der Waals surface area (Å²) in [7, 11) is 0. The zero-order chi connectivity index (χ0) is 19.7. The van der Waals surface area contributed by atoms with E-state index in [2.05, 4.69) is 20.3 Å². The highest BCUT2D eigenvalue weighted by Crippen LogP contribution is 2.23. The predicted octanol–water partition coefficient (Wildman–Crippen LogP) is 3.67. The van der Waals surface area contributed by atoms with Crippen molar-refractivity contribution in [3.05, 3.63) is 57.0 Å². The SMILES string of the molecule is Cc1ccc(C)c(NC(=O)[C@@H](C)Sc2nc3nc(C)cc(C)c3c(=O)[nH]2)c1. The number of carbonyl (C=O) groups excluding carboxylic acids is 1. The van der Waals surface area contributed by atoms with E-state index in [-0.39, 0.29) is 11.5 Å². The number of anilines is 1. The molecule has 2 heterocycles. The van der Waals surface area contributed by atoms with E-state index in [1.165, 1.54) is 11.8 Å². The van der Waals surface area contributed by atoms with Crippen LogP contribution in [-0.2, 0) is 4.79 Å². The number of nitrogens with zero attached hydrogens (tertiary/aromatic N) is 2. The molecule has 0 aliphatic heterocycles. The minimum absolute atomic E-state index is 0.148. The summed E-state index contributed by atoms with van der Waals surface area (Å²) < 4.78 is 0. The fraction of sp³-hybridized carbons (Fsp3) is 0.300. The average Bonchev–Trinajstić information content (AvgIpc) is 2.57. The number of rotatable bonds is 4. The number of hydrogen-bond donors (Lipinski definition) is 2. The first-order valence-corrected chi connectivity index (χ1v) is 9.55. The number of aromatic nitrogens is 3. The van der Waals surface area contributed by atoms with E-state index in [1.807, 2.05) is 52.0 Å². The first-order valence-electron chi connectivity index (χ1n) is 8.67. The van der Waals surface area contributed by atoms with Crippen LogP contribution in [0.2, 0.25) is 0 Å². The third-order valence-corrected chi connectivity index (χ3v) is 5.27. The molecule has 3 rings (SSSR count). The Morgan fingerprint density at radius 3 is 2.59 bits per heavy atom. The number of aryl methyl sites for hydroxylation is 4. The Bertz CT molecular complexity index is 1090. The molecule has 0 radical (unpaired) electrons. The summed E-state index contributed by atoms with van der Waals surface area (Å²) in [6, 6.07) is 7.77. The fourth-order valence-electron chi connectivity index (χ4n) is 2.84. The number of carbonyl (C=O) groups is 1. The van der Waals surface area contributed by atoms with Gasteiger partial charge in [0, 0.05) is 11.4 Å². The predicted molar refractivity (Wildman–Crippen MR) is 109 cm³/mol. The number of thioether (sulfide) groups is 1. The molecule has 0 fully saturated rings. The standard InChI is InChI=1S/C20H22N4O2S/c1-10-6-7-11(2)15(8-10)22-18(25)14(5)27-20-23-17-16(19(26)24-20)12(3)9-13(4)21-17/h6-9,14H,1-5H3,(H,22,25)(H,21,23,24,26)/t14-/m1/s1. The molecule has 0 saturated heterocycles. The van der Waals surface area contributed by atoms with Crippen LogP contribution in [-0.4, -0.2) is 26.1 Å². The normalized spacial score (nSPS) is 12.2. The van der Waals surface area contributed by atoms with E-state index in [1.54, 1.807) is 6.92 Å². The number of H-pyrrole nitrogens is 1. The third-order valence-electron chi connectivity index (χ3n) is 4.29. The van der Waals surface area contributed by atoms with Gasteiger partial charge in [-0.2, -0.15) is 0 Å². The molecule has 0 spiro atoms. The topological polar surface area (TPSA) is 87.7 Å². The molecule has 0 aliphatic carbocycles. The maximum Gasteiger partial charge on any atom is 0.261 e. The van der Waals surface area contributed by atoms with Gasteiger partial charge in [0.1, 0.15) is 0 Å². The number of aromatic amines is 1. The minimum Gasteiger partial charge on any atom is -0.325 e. The zero-order valence-electron chi connectivity index (χ0n) is 16.0. The van der Waals surface area contributed by atoms with Gasteiger partial charge in [-0.15, -0.1) is 0 Å². The maximum absolute atomic E-state index is 12.6. The van der Waals surface area contributed by atoms with Crippen molar-refractivity contribution < 1.29 is 4.79 Å². The lowest BCUT2D eigenvalue weighted by Crippen LogP contribution is -2.24. The molecule has 2 N–H and O–H groups in total. The lowest BCUT2D eigenvalue weighted by atomic mass is 10.1. The summed E-state index contributed by atoms with van der Waals surface area (Å²) in [5.74, 6) is -0.148. The van der Waals surface area contributed by atoms with Crippen molar-refractivity contribution >= 4 is 34.4 Å². The third kappa shape index (κ3) is 4.19. The van der Waals surface area contributed by atoms with Crippen molar-refractivity contribution in [2.75, 3.05) is 5.32 Å². The quantitative estimate of drug-likeness (QED) is 0.531. The molecule has 3 aromatic rings. The van der Waals surface area contributed by atoms with Gasteiger partial charge >= 0.3 is 0 Å². The molecule has 140 valence electrons. The summed E-state index contributed by atoms with van der Waals surface area (Å²) in [5.41, 5.74) is 4.67. The molecule has 1 atom stereocenters. The molecular formula is C20H22N4O2S. The Hall–Kier alpha value is -2.67. The van der Waals surface area contributed by atoms with E-state index < -0.39 is 5.25 Å². The van der Waals surface area contributed by atoms with Gasteiger partial charge in [-0.3, -0.25) is 9.59 Å². The largest absolute Gasteiger partial charge is 0.325 e. The van der Waals surface area contributed by atoms with Crippen LogP contribution >= 0.6 is 11.8 Å². The number of hydrogen-bond acceptors (Lipinski definition) is 5. The van der Waals surface area contributed by atoms with Crippen molar-refractivity contribution in [1.82, 2.24) is 15.0 Å². The molecule has 1 aromatic carbocycles. The summed E-state index contributed by atoms with van der Waals surface area (Å²) in [4.78, 5) is 36.5. The molecule has 0 bridgehead atoms. The first-order chi connectivity index (χ1) is 12.7. The Kier molecular flexibility index (Phi) is 5.32. The zero-order valence-corrected chi connectivity index (χ0v) is 16.8. The van der Waals surface area contributed by atoms with Crippen LogP contribution in [0.5, 0.6) is 0 Å². The lowest BCUT2D eigenvalue weighted by Gasteiger charge is -2.14. The second kappa shape index (κ2) is 7.52. The molecule has 1 amide bonds. The highest BCUT2D eigenvalue weighted by Gasteiger charge is 2.18. The highest BCUT2D eigenvalue weighted by molar-refractivity contribution is 8.00. The van der Waals surface area contributed by atoms with Gasteiger partial charge in [0.15, 0.2) is 10.8 Å². The molecule has 0 saturated carbocycles. The number of benzene rings is 1. The summed E-state index contributed by atoms with van der Waals surface area (Å²) >= 11 is 1.20. The van der Waals surface area contributed by atoms with Gasteiger partial charge in [-0.05, 0) is 63.4 Å². The van der Waals surface area contributed by atoms with Crippen molar-refractivity contribution in [3.63, 3.8) is 0 Å². The molecular weight excluding hydrogens is 360 g/mol. The Balaban J connectivity index is 1.83. The van der Waals surface area contributed by atoms with Gasteiger partial charge in [0.25, 0.3) is 5.56 Å². The van der Waals surface area contributed by atoms with Crippen LogP contribution in [0.1, 0.15) is 29.3 Å². The molecule has 0 aliphatic rings. The van der Waals surface area contributed by atoms with E-state index in [4.69, 9.17) is 0 Å². The summed E-state index contributed by atoms with van der Waals surface area (Å²) in [6.45, 7) is 9.44. The number of amides is 1. The van der Waals surface area contributed by atoms with Gasteiger partial charge < -0.3 is 10.3 Å². The van der Waals surface area contributed by atoms with Crippen molar-refractivity contribution in [2.45, 2.75) is 45.0 Å². The first kappa shape index (κ1) is 19.1. The molecule has 27 heavy (non-hydrogen) atoms. The smallest absolute Gasteiger partial charge is 0.261 e. The summed E-state index contributed by atoms with van der Waals surface area (Å²) in [5, 5.41) is 3.38. The van der Waals surface area contributed by atoms with Gasteiger partial charge in [-0.1, -0.05) is 23.9 Å². The van der Waals surface area contributed by atoms with E-state index in [0.29, 0.717) is 16.2 Å². The Morgan fingerprint density at radius 2 is 1.85 bits per heavy atom. The minimum atomic E-state index is -0.434. The Labute approximate surface area is 161 Å². The van der Waals surface area contributed by atoms with Gasteiger partial charge in [-0.25, -0.2) is 9.97 Å². The lowest BCUT2D eigenvalue weighted by molar-refractivity contribution is -0.115. The van der Waals surface area contributed by atoms with Gasteiger partial charge in [0.2, 0.25) is 5.91 Å². The Morgan fingerprint density at radius 1 is 1.11 bits per heavy atom. The van der Waals surface area contributed by atoms with E-state index in [9.17, 15) is 9.59 Å². The van der Waals surface area contributed by atoms with Crippen LogP contribution in [0, 0.1) is 27.7 Å². The summed E-state index contributed by atoms with van der Waals surface area (Å²) in [6.07, 6.45) is 0. The molecule has 0 unspecified atom stereocenters. The van der Waals surface area contributed by atoms with Crippen molar-refractivity contribution in [2.24, 2.45) is 0 Å².